The molecule has 2 aliphatic rings. The van der Waals surface area contributed by atoms with Crippen LogP contribution in [-0.2, 0) is 9.47 Å². The van der Waals surface area contributed by atoms with E-state index in [9.17, 15) is 0 Å². The SMILES string of the molecule is COC1CCCCC1P(c1ccccc1-c1ccccc1)C1CCCCC1OC. The van der Waals surface area contributed by atoms with Gasteiger partial charge in [-0.1, -0.05) is 88.2 Å². The van der Waals surface area contributed by atoms with E-state index in [2.05, 4.69) is 54.6 Å². The fraction of sp³-hybridized carbons (Fsp3) is 0.538. The molecule has 0 radical (unpaired) electrons. The van der Waals surface area contributed by atoms with Gasteiger partial charge in [0.15, 0.2) is 0 Å². The lowest BCUT2D eigenvalue weighted by molar-refractivity contribution is 0.0659. The fourth-order valence-electron chi connectivity index (χ4n) is 5.50. The predicted octanol–water partition coefficient (Wildman–Crippen LogP) is 6.38. The van der Waals surface area contributed by atoms with Crippen LogP contribution in [0.3, 0.4) is 0 Å². The standard InChI is InChI=1S/C26H35O2P/c1-27-22-15-7-10-18-25(22)29(26-19-11-8-16-23(26)28-2)24-17-9-6-14-21(24)20-12-4-3-5-13-20/h3-6,9,12-14,17,22-23,25-26H,7-8,10-11,15-16,18-19H2,1-2H3. The van der Waals surface area contributed by atoms with E-state index in [1.54, 1.807) is 5.30 Å². The third kappa shape index (κ3) is 4.61. The van der Waals surface area contributed by atoms with Crippen molar-refractivity contribution in [1.29, 1.82) is 0 Å². The zero-order chi connectivity index (χ0) is 20.1. The molecular formula is C26H35O2P. The molecule has 4 unspecified atom stereocenters. The summed E-state index contributed by atoms with van der Waals surface area (Å²) in [4.78, 5) is 0. The number of methoxy groups -OCH3 is 2. The Morgan fingerprint density at radius 1 is 0.655 bits per heavy atom. The van der Waals surface area contributed by atoms with Crippen molar-refractivity contribution in [3.63, 3.8) is 0 Å². The van der Waals surface area contributed by atoms with E-state index in [1.165, 1.54) is 62.5 Å². The maximum Gasteiger partial charge on any atom is 0.0641 e. The molecule has 0 heterocycles. The Balaban J connectivity index is 1.81. The van der Waals surface area contributed by atoms with Gasteiger partial charge in [0, 0.05) is 25.5 Å². The third-order valence-electron chi connectivity index (χ3n) is 6.92. The highest BCUT2D eigenvalue weighted by Crippen LogP contribution is 2.57. The molecule has 3 heteroatoms. The molecule has 0 bridgehead atoms. The van der Waals surface area contributed by atoms with Crippen LogP contribution in [0.1, 0.15) is 51.4 Å². The Bertz CT molecular complexity index is 738. The summed E-state index contributed by atoms with van der Waals surface area (Å²) in [5.41, 5.74) is 4.02. The summed E-state index contributed by atoms with van der Waals surface area (Å²) in [6, 6.07) is 20.1. The third-order valence-corrected chi connectivity index (χ3v) is 10.5. The number of rotatable bonds is 6. The van der Waals surface area contributed by atoms with Gasteiger partial charge in [-0.25, -0.2) is 0 Å². The van der Waals surface area contributed by atoms with Crippen molar-refractivity contribution in [2.24, 2.45) is 0 Å². The van der Waals surface area contributed by atoms with Crippen LogP contribution in [0.4, 0.5) is 0 Å². The van der Waals surface area contributed by atoms with Crippen LogP contribution in [0.15, 0.2) is 54.6 Å². The highest BCUT2D eigenvalue weighted by molar-refractivity contribution is 7.67. The van der Waals surface area contributed by atoms with Gasteiger partial charge in [0.05, 0.1) is 12.2 Å². The van der Waals surface area contributed by atoms with Crippen LogP contribution >= 0.6 is 7.92 Å². The molecule has 0 saturated heterocycles. The summed E-state index contributed by atoms with van der Waals surface area (Å²) < 4.78 is 12.2. The Morgan fingerprint density at radius 3 is 1.76 bits per heavy atom. The minimum atomic E-state index is -0.377. The summed E-state index contributed by atoms with van der Waals surface area (Å²) in [5, 5.41) is 1.57. The van der Waals surface area contributed by atoms with Gasteiger partial charge >= 0.3 is 0 Å². The van der Waals surface area contributed by atoms with Crippen molar-refractivity contribution in [3.8, 4) is 11.1 Å². The summed E-state index contributed by atoms with van der Waals surface area (Å²) >= 11 is 0. The van der Waals surface area contributed by atoms with Crippen LogP contribution in [0.5, 0.6) is 0 Å². The van der Waals surface area contributed by atoms with Gasteiger partial charge in [-0.05, 0) is 42.1 Å². The van der Waals surface area contributed by atoms with Gasteiger partial charge < -0.3 is 9.47 Å². The Morgan fingerprint density at radius 2 is 1.17 bits per heavy atom. The quantitative estimate of drug-likeness (QED) is 0.515. The monoisotopic (exact) mass is 410 g/mol. The minimum absolute atomic E-state index is 0.377. The van der Waals surface area contributed by atoms with Crippen LogP contribution in [-0.4, -0.2) is 37.7 Å². The van der Waals surface area contributed by atoms with Crippen molar-refractivity contribution in [1.82, 2.24) is 0 Å². The smallest absolute Gasteiger partial charge is 0.0641 e. The average molecular weight is 411 g/mol. The van der Waals surface area contributed by atoms with Gasteiger partial charge in [-0.15, -0.1) is 0 Å². The molecule has 2 fully saturated rings. The first-order chi connectivity index (χ1) is 14.3. The first-order valence-electron chi connectivity index (χ1n) is 11.3. The van der Waals surface area contributed by atoms with E-state index in [0.717, 1.165) is 0 Å². The summed E-state index contributed by atoms with van der Waals surface area (Å²) in [7, 11) is 3.47. The molecule has 156 valence electrons. The Hall–Kier alpha value is -1.21. The van der Waals surface area contributed by atoms with E-state index in [-0.39, 0.29) is 7.92 Å². The number of benzene rings is 2. The Kier molecular flexibility index (Phi) is 7.40. The van der Waals surface area contributed by atoms with Gasteiger partial charge in [0.2, 0.25) is 0 Å². The van der Waals surface area contributed by atoms with Crippen molar-refractivity contribution in [2.45, 2.75) is 74.9 Å². The first-order valence-corrected chi connectivity index (χ1v) is 12.8. The molecule has 4 rings (SSSR count). The number of hydrogen-bond acceptors (Lipinski definition) is 2. The second-order valence-electron chi connectivity index (χ2n) is 8.54. The summed E-state index contributed by atoms with van der Waals surface area (Å²) in [6.07, 6.45) is 11.0. The van der Waals surface area contributed by atoms with E-state index in [4.69, 9.17) is 9.47 Å². The van der Waals surface area contributed by atoms with Crippen LogP contribution < -0.4 is 5.30 Å². The zero-order valence-electron chi connectivity index (χ0n) is 17.9. The Labute approximate surface area is 177 Å². The van der Waals surface area contributed by atoms with Crippen LogP contribution in [0.2, 0.25) is 0 Å². The van der Waals surface area contributed by atoms with Crippen molar-refractivity contribution in [3.05, 3.63) is 54.6 Å². The highest BCUT2D eigenvalue weighted by atomic mass is 31.1. The number of hydrogen-bond donors (Lipinski definition) is 0. The highest BCUT2D eigenvalue weighted by Gasteiger charge is 2.41. The molecule has 0 N–H and O–H groups in total. The molecule has 2 nitrogen and oxygen atoms in total. The van der Waals surface area contributed by atoms with Crippen molar-refractivity contribution in [2.75, 3.05) is 14.2 Å². The number of ether oxygens (including phenoxy) is 2. The lowest BCUT2D eigenvalue weighted by Crippen LogP contribution is -2.41. The zero-order valence-corrected chi connectivity index (χ0v) is 18.8. The lowest BCUT2D eigenvalue weighted by Gasteiger charge is -2.45. The second kappa shape index (κ2) is 10.2. The molecule has 4 atom stereocenters. The van der Waals surface area contributed by atoms with Gasteiger partial charge in [-0.2, -0.15) is 0 Å². The second-order valence-corrected chi connectivity index (χ2v) is 11.2. The maximum absolute atomic E-state index is 6.09. The average Bonchev–Trinajstić information content (AvgIpc) is 2.81. The van der Waals surface area contributed by atoms with E-state index < -0.39 is 0 Å². The van der Waals surface area contributed by atoms with Gasteiger partial charge in [0.1, 0.15) is 0 Å². The predicted molar refractivity (Wildman–Crippen MR) is 125 cm³/mol. The van der Waals surface area contributed by atoms with Gasteiger partial charge in [0.25, 0.3) is 0 Å². The molecular weight excluding hydrogens is 375 g/mol. The van der Waals surface area contributed by atoms with Crippen LogP contribution in [0, 0.1) is 0 Å². The largest absolute Gasteiger partial charge is 0.381 e. The van der Waals surface area contributed by atoms with Crippen molar-refractivity contribution < 1.29 is 9.47 Å². The summed E-state index contributed by atoms with van der Waals surface area (Å²) in [5.74, 6) is 0. The molecule has 0 aliphatic heterocycles. The lowest BCUT2D eigenvalue weighted by atomic mass is 9.96. The minimum Gasteiger partial charge on any atom is -0.381 e. The molecule has 2 aliphatic carbocycles. The molecule has 2 aromatic rings. The van der Waals surface area contributed by atoms with Gasteiger partial charge in [-0.3, -0.25) is 0 Å². The fourth-order valence-corrected chi connectivity index (χ4v) is 9.63. The molecule has 29 heavy (non-hydrogen) atoms. The van der Waals surface area contributed by atoms with E-state index in [0.29, 0.717) is 23.5 Å². The molecule has 2 saturated carbocycles. The molecule has 0 aromatic heterocycles. The van der Waals surface area contributed by atoms with Crippen molar-refractivity contribution >= 4 is 13.2 Å². The van der Waals surface area contributed by atoms with E-state index in [1.807, 2.05) is 14.2 Å². The molecule has 0 spiro atoms. The van der Waals surface area contributed by atoms with E-state index >= 15 is 0 Å². The van der Waals surface area contributed by atoms with Crippen LogP contribution in [0.25, 0.3) is 11.1 Å². The first kappa shape index (κ1) is 21.0. The molecule has 0 amide bonds. The molecule has 2 aromatic carbocycles. The normalized spacial score (nSPS) is 28.8. The summed E-state index contributed by atoms with van der Waals surface area (Å²) in [6.45, 7) is 0. The maximum atomic E-state index is 6.09. The topological polar surface area (TPSA) is 18.5 Å².